The van der Waals surface area contributed by atoms with E-state index in [1.165, 1.54) is 33.4 Å². The minimum Gasteiger partial charge on any atom is -0.311 e. The summed E-state index contributed by atoms with van der Waals surface area (Å²) < 4.78 is 1.94. The van der Waals surface area contributed by atoms with Crippen LogP contribution in [-0.2, 0) is 13.1 Å². The van der Waals surface area contributed by atoms with E-state index in [0.29, 0.717) is 0 Å². The molecule has 0 amide bonds. The second kappa shape index (κ2) is 6.39. The first kappa shape index (κ1) is 15.7. The van der Waals surface area contributed by atoms with E-state index in [2.05, 4.69) is 57.2 Å². The summed E-state index contributed by atoms with van der Waals surface area (Å²) in [6, 6.07) is 0. The molecule has 1 heterocycles. The van der Waals surface area contributed by atoms with Crippen LogP contribution in [0.25, 0.3) is 0 Å². The molecule has 1 aromatic carbocycles. The first-order valence-electron chi connectivity index (χ1n) is 7.61. The second-order valence-electron chi connectivity index (χ2n) is 5.79. The van der Waals surface area contributed by atoms with Crippen molar-refractivity contribution in [3.63, 3.8) is 0 Å². The van der Waals surface area contributed by atoms with Crippen LogP contribution in [0.5, 0.6) is 0 Å². The summed E-state index contributed by atoms with van der Waals surface area (Å²) in [5.41, 5.74) is 9.30. The lowest BCUT2D eigenvalue weighted by atomic mass is 9.89. The van der Waals surface area contributed by atoms with Gasteiger partial charge in [-0.2, -0.15) is 0 Å². The van der Waals surface area contributed by atoms with Gasteiger partial charge in [0.1, 0.15) is 0 Å². The zero-order valence-corrected chi connectivity index (χ0v) is 14.0. The second-order valence-corrected chi connectivity index (χ2v) is 5.79. The van der Waals surface area contributed by atoms with Gasteiger partial charge < -0.3 is 5.32 Å². The van der Waals surface area contributed by atoms with E-state index in [-0.39, 0.29) is 0 Å². The number of benzene rings is 1. The summed E-state index contributed by atoms with van der Waals surface area (Å²) >= 11 is 0. The highest BCUT2D eigenvalue weighted by molar-refractivity contribution is 5.49. The molecule has 21 heavy (non-hydrogen) atoms. The van der Waals surface area contributed by atoms with Crippen molar-refractivity contribution in [3.8, 4) is 0 Å². The predicted octanol–water partition coefficient (Wildman–Crippen LogP) is 2.98. The Kier molecular flexibility index (Phi) is 4.78. The molecule has 0 aliphatic carbocycles. The Labute approximate surface area is 127 Å². The number of hydrogen-bond acceptors (Lipinski definition) is 3. The van der Waals surface area contributed by atoms with E-state index in [0.717, 1.165) is 25.3 Å². The molecule has 114 valence electrons. The topological polar surface area (TPSA) is 42.7 Å². The standard InChI is InChI=1S/C17H26N4/c1-7-18-8-16-9-21(20-19-16)10-17-14(5)12(3)11(2)13(4)15(17)6/h9,18H,7-8,10H2,1-6H3. The molecule has 0 saturated carbocycles. The van der Waals surface area contributed by atoms with Crippen LogP contribution in [0.3, 0.4) is 0 Å². The maximum absolute atomic E-state index is 4.26. The Bertz CT molecular complexity index is 611. The SMILES string of the molecule is CCNCc1cn(Cc2c(C)c(C)c(C)c(C)c2C)nn1. The average molecular weight is 286 g/mol. The molecule has 0 saturated heterocycles. The largest absolute Gasteiger partial charge is 0.311 e. The summed E-state index contributed by atoms with van der Waals surface area (Å²) in [5, 5.41) is 11.8. The summed E-state index contributed by atoms with van der Waals surface area (Å²) in [6.45, 7) is 15.6. The van der Waals surface area contributed by atoms with Gasteiger partial charge in [0.15, 0.2) is 0 Å². The molecule has 1 aromatic heterocycles. The van der Waals surface area contributed by atoms with Gasteiger partial charge >= 0.3 is 0 Å². The van der Waals surface area contributed by atoms with Gasteiger partial charge in [-0.25, -0.2) is 4.68 Å². The molecule has 0 aliphatic heterocycles. The number of rotatable bonds is 5. The van der Waals surface area contributed by atoms with Crippen LogP contribution in [0.15, 0.2) is 6.20 Å². The number of nitrogens with zero attached hydrogens (tertiary/aromatic N) is 3. The summed E-state index contributed by atoms with van der Waals surface area (Å²) in [7, 11) is 0. The molecule has 0 aliphatic rings. The lowest BCUT2D eigenvalue weighted by molar-refractivity contribution is 0.642. The third kappa shape index (κ3) is 3.16. The van der Waals surface area contributed by atoms with Gasteiger partial charge in [0.25, 0.3) is 0 Å². The Morgan fingerprint density at radius 2 is 1.52 bits per heavy atom. The van der Waals surface area contributed by atoms with Gasteiger partial charge in [-0.1, -0.05) is 12.1 Å². The van der Waals surface area contributed by atoms with E-state index in [9.17, 15) is 0 Å². The minimum absolute atomic E-state index is 0.778. The third-order valence-electron chi connectivity index (χ3n) is 4.62. The van der Waals surface area contributed by atoms with E-state index in [1.54, 1.807) is 0 Å². The Morgan fingerprint density at radius 3 is 2.10 bits per heavy atom. The van der Waals surface area contributed by atoms with Crippen LogP contribution >= 0.6 is 0 Å². The predicted molar refractivity (Wildman–Crippen MR) is 86.6 cm³/mol. The highest BCUT2D eigenvalue weighted by Crippen LogP contribution is 2.26. The normalized spacial score (nSPS) is 11.1. The van der Waals surface area contributed by atoms with Crippen LogP contribution in [-0.4, -0.2) is 21.5 Å². The molecule has 2 rings (SSSR count). The van der Waals surface area contributed by atoms with E-state index in [1.807, 2.05) is 10.9 Å². The van der Waals surface area contributed by atoms with Gasteiger partial charge in [-0.05, 0) is 74.5 Å². The molecule has 1 N–H and O–H groups in total. The fourth-order valence-corrected chi connectivity index (χ4v) is 2.73. The first-order valence-corrected chi connectivity index (χ1v) is 7.61. The molecule has 4 nitrogen and oxygen atoms in total. The lowest BCUT2D eigenvalue weighted by Gasteiger charge is -2.18. The number of aromatic nitrogens is 3. The zero-order chi connectivity index (χ0) is 15.6. The Hall–Kier alpha value is -1.68. The van der Waals surface area contributed by atoms with Crippen molar-refractivity contribution in [1.29, 1.82) is 0 Å². The van der Waals surface area contributed by atoms with Crippen molar-refractivity contribution in [3.05, 3.63) is 45.3 Å². The van der Waals surface area contributed by atoms with Crippen LogP contribution in [0.4, 0.5) is 0 Å². The summed E-state index contributed by atoms with van der Waals surface area (Å²) in [5.74, 6) is 0. The van der Waals surface area contributed by atoms with Gasteiger partial charge in [-0.15, -0.1) is 5.10 Å². The molecule has 2 aromatic rings. The van der Waals surface area contributed by atoms with Crippen molar-refractivity contribution in [2.45, 2.75) is 54.6 Å². The molecule has 0 radical (unpaired) electrons. The first-order chi connectivity index (χ1) is 9.95. The fraction of sp³-hybridized carbons (Fsp3) is 0.529. The maximum atomic E-state index is 4.26. The van der Waals surface area contributed by atoms with Crippen molar-refractivity contribution in [1.82, 2.24) is 20.3 Å². The highest BCUT2D eigenvalue weighted by atomic mass is 15.4. The summed E-state index contributed by atoms with van der Waals surface area (Å²) in [6.07, 6.45) is 2.03. The maximum Gasteiger partial charge on any atom is 0.0964 e. The van der Waals surface area contributed by atoms with E-state index in [4.69, 9.17) is 0 Å². The van der Waals surface area contributed by atoms with Crippen LogP contribution in [0.1, 0.15) is 46.0 Å². The van der Waals surface area contributed by atoms with E-state index < -0.39 is 0 Å². The smallest absolute Gasteiger partial charge is 0.0964 e. The van der Waals surface area contributed by atoms with Crippen LogP contribution < -0.4 is 5.32 Å². The van der Waals surface area contributed by atoms with Crippen molar-refractivity contribution in [2.24, 2.45) is 0 Å². The molecular weight excluding hydrogens is 260 g/mol. The zero-order valence-electron chi connectivity index (χ0n) is 14.0. The van der Waals surface area contributed by atoms with Gasteiger partial charge in [0.2, 0.25) is 0 Å². The lowest BCUT2D eigenvalue weighted by Crippen LogP contribution is -2.12. The van der Waals surface area contributed by atoms with E-state index >= 15 is 0 Å². The highest BCUT2D eigenvalue weighted by Gasteiger charge is 2.13. The molecule has 0 fully saturated rings. The molecule has 4 heteroatoms. The van der Waals surface area contributed by atoms with Gasteiger partial charge in [-0.3, -0.25) is 0 Å². The minimum atomic E-state index is 0.778. The van der Waals surface area contributed by atoms with Gasteiger partial charge in [0.05, 0.1) is 18.4 Å². The Morgan fingerprint density at radius 1 is 0.952 bits per heavy atom. The summed E-state index contributed by atoms with van der Waals surface area (Å²) in [4.78, 5) is 0. The average Bonchev–Trinajstić information content (AvgIpc) is 2.93. The van der Waals surface area contributed by atoms with Crippen LogP contribution in [0, 0.1) is 34.6 Å². The number of nitrogens with one attached hydrogen (secondary N) is 1. The quantitative estimate of drug-likeness (QED) is 0.919. The Balaban J connectivity index is 2.29. The molecular formula is C17H26N4. The molecule has 0 spiro atoms. The third-order valence-corrected chi connectivity index (χ3v) is 4.62. The molecule has 0 bridgehead atoms. The van der Waals surface area contributed by atoms with Crippen LogP contribution in [0.2, 0.25) is 0 Å². The number of hydrogen-bond donors (Lipinski definition) is 1. The molecule has 0 unspecified atom stereocenters. The van der Waals surface area contributed by atoms with Gasteiger partial charge in [0, 0.05) is 6.54 Å². The van der Waals surface area contributed by atoms with Crippen molar-refractivity contribution >= 4 is 0 Å². The van der Waals surface area contributed by atoms with Crippen molar-refractivity contribution in [2.75, 3.05) is 6.54 Å². The van der Waals surface area contributed by atoms with Crippen molar-refractivity contribution < 1.29 is 0 Å². The fourth-order valence-electron chi connectivity index (χ4n) is 2.73. The monoisotopic (exact) mass is 286 g/mol. The molecule has 0 atom stereocenters.